The van der Waals surface area contributed by atoms with Gasteiger partial charge in [0, 0.05) is 24.7 Å². The number of hydrogen-bond donors (Lipinski definition) is 2. The van der Waals surface area contributed by atoms with Gasteiger partial charge in [0.15, 0.2) is 5.16 Å². The van der Waals surface area contributed by atoms with Crippen LogP contribution in [0.1, 0.15) is 6.42 Å². The lowest BCUT2D eigenvalue weighted by Gasteiger charge is -2.07. The van der Waals surface area contributed by atoms with E-state index in [9.17, 15) is 9.59 Å². The van der Waals surface area contributed by atoms with Crippen LogP contribution < -0.4 is 11.0 Å². The number of thioether (sulfide) groups is 1. The van der Waals surface area contributed by atoms with Gasteiger partial charge in [0.2, 0.25) is 5.91 Å². The molecule has 2 aromatic rings. The van der Waals surface area contributed by atoms with Crippen LogP contribution in [0.4, 0.5) is 5.69 Å². The number of anilines is 1. The highest BCUT2D eigenvalue weighted by molar-refractivity contribution is 9.10. The van der Waals surface area contributed by atoms with Crippen molar-refractivity contribution in [3.63, 3.8) is 0 Å². The number of methoxy groups -OCH3 is 1. The van der Waals surface area contributed by atoms with Crippen molar-refractivity contribution in [3.8, 4) is 0 Å². The lowest BCUT2D eigenvalue weighted by molar-refractivity contribution is -0.113. The predicted octanol–water partition coefficient (Wildman–Crippen LogP) is 2.10. The number of aromatic nitrogens is 3. The van der Waals surface area contributed by atoms with Gasteiger partial charge in [-0.25, -0.2) is 9.89 Å². The van der Waals surface area contributed by atoms with E-state index in [-0.39, 0.29) is 17.3 Å². The van der Waals surface area contributed by atoms with E-state index >= 15 is 0 Å². The molecule has 1 aromatic heterocycles. The number of hydrogen-bond acceptors (Lipinski definition) is 5. The molecule has 2 N–H and O–H groups in total. The van der Waals surface area contributed by atoms with E-state index in [0.717, 1.165) is 4.47 Å². The molecule has 0 aliphatic rings. The fraction of sp³-hybridized carbons (Fsp3) is 0.357. The second-order valence-corrected chi connectivity index (χ2v) is 6.42. The molecule has 0 spiro atoms. The number of rotatable bonds is 8. The maximum absolute atomic E-state index is 12.0. The van der Waals surface area contributed by atoms with Gasteiger partial charge in [-0.05, 0) is 34.5 Å². The lowest BCUT2D eigenvalue weighted by atomic mass is 10.3. The van der Waals surface area contributed by atoms with Crippen LogP contribution in [0.2, 0.25) is 0 Å². The second-order valence-electron chi connectivity index (χ2n) is 4.63. The summed E-state index contributed by atoms with van der Waals surface area (Å²) in [5.74, 6) is -0.00333. The Morgan fingerprint density at radius 2 is 2.26 bits per heavy atom. The largest absolute Gasteiger partial charge is 0.385 e. The number of carbonyl (C=O) groups excluding carboxylic acids is 1. The van der Waals surface area contributed by atoms with Gasteiger partial charge in [-0.1, -0.05) is 23.9 Å². The Morgan fingerprint density at radius 3 is 3.00 bits per heavy atom. The molecular formula is C14H17BrN4O3S. The van der Waals surface area contributed by atoms with Crippen molar-refractivity contribution in [2.45, 2.75) is 18.1 Å². The Hall–Kier alpha value is -1.58. The zero-order valence-electron chi connectivity index (χ0n) is 12.5. The Balaban J connectivity index is 1.92. The summed E-state index contributed by atoms with van der Waals surface area (Å²) in [6.07, 6.45) is 0.701. The number of carbonyl (C=O) groups is 1. The summed E-state index contributed by atoms with van der Waals surface area (Å²) in [6, 6.07) is 7.37. The van der Waals surface area contributed by atoms with Crippen molar-refractivity contribution in [1.29, 1.82) is 0 Å². The number of aromatic amines is 1. The van der Waals surface area contributed by atoms with Gasteiger partial charge in [-0.3, -0.25) is 9.36 Å². The van der Waals surface area contributed by atoms with Gasteiger partial charge in [-0.15, -0.1) is 5.10 Å². The predicted molar refractivity (Wildman–Crippen MR) is 92.8 cm³/mol. The summed E-state index contributed by atoms with van der Waals surface area (Å²) in [6.45, 7) is 1.06. The molecule has 0 aliphatic carbocycles. The minimum absolute atomic E-state index is 0.163. The number of para-hydroxylation sites is 1. The topological polar surface area (TPSA) is 89.0 Å². The summed E-state index contributed by atoms with van der Waals surface area (Å²) in [5.41, 5.74) is 0.424. The van der Waals surface area contributed by atoms with Gasteiger partial charge in [-0.2, -0.15) is 0 Å². The number of benzene rings is 1. The Morgan fingerprint density at radius 1 is 1.48 bits per heavy atom. The first kappa shape index (κ1) is 17.8. The second kappa shape index (κ2) is 8.90. The number of ether oxygens (including phenoxy) is 1. The molecule has 0 unspecified atom stereocenters. The van der Waals surface area contributed by atoms with E-state index < -0.39 is 0 Å². The first-order valence-electron chi connectivity index (χ1n) is 6.93. The highest BCUT2D eigenvalue weighted by Gasteiger charge is 2.12. The van der Waals surface area contributed by atoms with Gasteiger partial charge in [0.1, 0.15) is 0 Å². The minimum atomic E-state index is -0.283. The van der Waals surface area contributed by atoms with Crippen molar-refractivity contribution in [1.82, 2.24) is 14.8 Å². The minimum Gasteiger partial charge on any atom is -0.385 e. The fourth-order valence-electron chi connectivity index (χ4n) is 1.86. The van der Waals surface area contributed by atoms with E-state index in [1.54, 1.807) is 7.11 Å². The monoisotopic (exact) mass is 400 g/mol. The third-order valence-electron chi connectivity index (χ3n) is 2.93. The van der Waals surface area contributed by atoms with Crippen molar-refractivity contribution < 1.29 is 9.53 Å². The molecule has 2 rings (SSSR count). The van der Waals surface area contributed by atoms with Gasteiger partial charge >= 0.3 is 5.69 Å². The first-order valence-corrected chi connectivity index (χ1v) is 8.71. The number of amides is 1. The molecule has 0 bridgehead atoms. The van der Waals surface area contributed by atoms with Crippen molar-refractivity contribution in [3.05, 3.63) is 39.2 Å². The normalized spacial score (nSPS) is 10.7. The van der Waals surface area contributed by atoms with Crippen LogP contribution in [0, 0.1) is 0 Å². The molecule has 1 amide bonds. The van der Waals surface area contributed by atoms with Gasteiger partial charge in [0.25, 0.3) is 0 Å². The van der Waals surface area contributed by atoms with Crippen molar-refractivity contribution in [2.24, 2.45) is 0 Å². The van der Waals surface area contributed by atoms with Crippen molar-refractivity contribution in [2.75, 3.05) is 24.8 Å². The van der Waals surface area contributed by atoms with Crippen LogP contribution >= 0.6 is 27.7 Å². The van der Waals surface area contributed by atoms with Crippen LogP contribution in [-0.4, -0.2) is 40.1 Å². The highest BCUT2D eigenvalue weighted by atomic mass is 79.9. The van der Waals surface area contributed by atoms with Crippen LogP contribution in [0.5, 0.6) is 0 Å². The van der Waals surface area contributed by atoms with Gasteiger partial charge < -0.3 is 10.1 Å². The van der Waals surface area contributed by atoms with E-state index in [0.29, 0.717) is 30.4 Å². The number of H-pyrrole nitrogens is 1. The van der Waals surface area contributed by atoms with Crippen LogP contribution in [-0.2, 0) is 16.1 Å². The molecule has 0 saturated heterocycles. The lowest BCUT2D eigenvalue weighted by Crippen LogP contribution is -2.19. The average Bonchev–Trinajstić information content (AvgIpc) is 2.88. The van der Waals surface area contributed by atoms with E-state index in [2.05, 4.69) is 31.4 Å². The molecular weight excluding hydrogens is 384 g/mol. The molecule has 1 aromatic carbocycles. The maximum atomic E-state index is 12.0. The smallest absolute Gasteiger partial charge is 0.343 e. The fourth-order valence-corrected chi connectivity index (χ4v) is 3.01. The third kappa shape index (κ3) is 5.22. The molecule has 7 nitrogen and oxygen atoms in total. The van der Waals surface area contributed by atoms with Crippen LogP contribution in [0.15, 0.2) is 38.7 Å². The molecule has 0 aliphatic heterocycles. The first-order chi connectivity index (χ1) is 11.1. The van der Waals surface area contributed by atoms with Gasteiger partial charge in [0.05, 0.1) is 11.4 Å². The highest BCUT2D eigenvalue weighted by Crippen LogP contribution is 2.22. The summed E-state index contributed by atoms with van der Waals surface area (Å²) in [4.78, 5) is 23.7. The van der Waals surface area contributed by atoms with Crippen molar-refractivity contribution >= 4 is 39.3 Å². The zero-order valence-corrected chi connectivity index (χ0v) is 14.9. The third-order valence-corrected chi connectivity index (χ3v) is 4.60. The molecule has 0 atom stereocenters. The summed E-state index contributed by atoms with van der Waals surface area (Å²) < 4.78 is 7.30. The SMILES string of the molecule is COCCCn1c(SCC(=O)Nc2ccccc2Br)n[nH]c1=O. The molecule has 0 saturated carbocycles. The Labute approximate surface area is 145 Å². The maximum Gasteiger partial charge on any atom is 0.343 e. The standard InChI is InChI=1S/C14H17BrN4O3S/c1-22-8-4-7-19-13(21)17-18-14(19)23-9-12(20)16-11-6-3-2-5-10(11)15/h2-3,5-6H,4,7-9H2,1H3,(H,16,20)(H,17,21). The molecule has 23 heavy (non-hydrogen) atoms. The molecule has 0 radical (unpaired) electrons. The van der Waals surface area contributed by atoms with Crippen LogP contribution in [0.3, 0.4) is 0 Å². The quantitative estimate of drug-likeness (QED) is 0.523. The van der Waals surface area contributed by atoms with E-state index in [4.69, 9.17) is 4.74 Å². The van der Waals surface area contributed by atoms with E-state index in [1.165, 1.54) is 16.3 Å². The Kier molecular flexibility index (Phi) is 6.87. The van der Waals surface area contributed by atoms with E-state index in [1.807, 2.05) is 24.3 Å². The number of nitrogens with one attached hydrogen (secondary N) is 2. The molecule has 1 heterocycles. The summed E-state index contributed by atoms with van der Waals surface area (Å²) >= 11 is 4.59. The summed E-state index contributed by atoms with van der Waals surface area (Å²) in [5, 5.41) is 9.65. The summed E-state index contributed by atoms with van der Waals surface area (Å²) in [7, 11) is 1.61. The molecule has 0 fully saturated rings. The molecule has 9 heteroatoms. The van der Waals surface area contributed by atoms with Crippen LogP contribution in [0.25, 0.3) is 0 Å². The Bertz CT molecular complexity index is 716. The number of nitrogens with zero attached hydrogens (tertiary/aromatic N) is 2. The number of halogens is 1. The zero-order chi connectivity index (χ0) is 16.7. The molecule has 124 valence electrons. The average molecular weight is 401 g/mol.